The first-order chi connectivity index (χ1) is 13.8. The number of hydrogen-bond acceptors (Lipinski definition) is 5. The highest BCUT2D eigenvalue weighted by Crippen LogP contribution is 2.35. The fourth-order valence-electron chi connectivity index (χ4n) is 2.55. The number of hydrogen-bond donors (Lipinski definition) is 2. The van der Waals surface area contributed by atoms with Crippen LogP contribution in [0.4, 0.5) is 28.8 Å². The summed E-state index contributed by atoms with van der Waals surface area (Å²) < 4.78 is 49.5. The molecule has 0 aliphatic heterocycles. The van der Waals surface area contributed by atoms with Crippen LogP contribution in [-0.4, -0.2) is 25.2 Å². The van der Waals surface area contributed by atoms with Gasteiger partial charge in [0.05, 0.1) is 31.2 Å². The standard InChI is InChI=1S/C19H16F3N3O3S/c1-27-15-8-7-11(9-16(15)28-2)14-10-29-18(24-14)25-17(26)23-13-6-4-3-5-12(13)19(20,21)22/h3-10H,1-2H3,(H2,23,24,25,26). The van der Waals surface area contributed by atoms with E-state index in [0.717, 1.165) is 23.0 Å². The topological polar surface area (TPSA) is 72.5 Å². The van der Waals surface area contributed by atoms with Gasteiger partial charge in [0.2, 0.25) is 0 Å². The maximum absolute atomic E-state index is 13.0. The van der Waals surface area contributed by atoms with Crippen molar-refractivity contribution in [1.29, 1.82) is 0 Å². The number of carbonyl (C=O) groups excluding carboxylic acids is 1. The second kappa shape index (κ2) is 8.39. The van der Waals surface area contributed by atoms with E-state index in [1.807, 2.05) is 0 Å². The van der Waals surface area contributed by atoms with E-state index in [1.165, 1.54) is 32.4 Å². The fraction of sp³-hybridized carbons (Fsp3) is 0.158. The number of halogens is 3. The number of nitrogens with one attached hydrogen (secondary N) is 2. The number of thiazole rings is 1. The molecule has 2 aromatic carbocycles. The van der Waals surface area contributed by atoms with E-state index < -0.39 is 17.8 Å². The molecule has 2 amide bonds. The van der Waals surface area contributed by atoms with Gasteiger partial charge in [-0.2, -0.15) is 13.2 Å². The highest BCUT2D eigenvalue weighted by Gasteiger charge is 2.33. The van der Waals surface area contributed by atoms with E-state index in [9.17, 15) is 18.0 Å². The molecule has 152 valence electrons. The summed E-state index contributed by atoms with van der Waals surface area (Å²) in [4.78, 5) is 16.4. The first kappa shape index (κ1) is 20.5. The molecule has 0 spiro atoms. The van der Waals surface area contributed by atoms with Gasteiger partial charge < -0.3 is 14.8 Å². The van der Waals surface area contributed by atoms with Crippen molar-refractivity contribution >= 4 is 28.2 Å². The summed E-state index contributed by atoms with van der Waals surface area (Å²) in [6.07, 6.45) is -4.58. The van der Waals surface area contributed by atoms with Crippen molar-refractivity contribution in [2.75, 3.05) is 24.9 Å². The first-order valence-corrected chi connectivity index (χ1v) is 9.12. The number of amides is 2. The summed E-state index contributed by atoms with van der Waals surface area (Å²) in [6.45, 7) is 0. The summed E-state index contributed by atoms with van der Waals surface area (Å²) in [7, 11) is 3.04. The molecule has 0 saturated carbocycles. The maximum Gasteiger partial charge on any atom is 0.418 e. The van der Waals surface area contributed by atoms with Crippen LogP contribution in [0.2, 0.25) is 0 Å². The van der Waals surface area contributed by atoms with Gasteiger partial charge in [-0.05, 0) is 30.3 Å². The molecule has 0 aliphatic rings. The van der Waals surface area contributed by atoms with Crippen molar-refractivity contribution in [1.82, 2.24) is 4.98 Å². The first-order valence-electron chi connectivity index (χ1n) is 8.24. The fourth-order valence-corrected chi connectivity index (χ4v) is 3.26. The molecule has 1 heterocycles. The van der Waals surface area contributed by atoms with Gasteiger partial charge in [0.15, 0.2) is 16.6 Å². The van der Waals surface area contributed by atoms with Gasteiger partial charge in [-0.1, -0.05) is 12.1 Å². The average Bonchev–Trinajstić information content (AvgIpc) is 3.15. The van der Waals surface area contributed by atoms with Crippen LogP contribution in [0.25, 0.3) is 11.3 Å². The molecule has 10 heteroatoms. The molecule has 6 nitrogen and oxygen atoms in total. The van der Waals surface area contributed by atoms with E-state index in [0.29, 0.717) is 17.2 Å². The van der Waals surface area contributed by atoms with Gasteiger partial charge in [0, 0.05) is 10.9 Å². The Hall–Kier alpha value is -3.27. The quantitative estimate of drug-likeness (QED) is 0.569. The third-order valence-corrected chi connectivity index (χ3v) is 4.64. The maximum atomic E-state index is 13.0. The van der Waals surface area contributed by atoms with Crippen LogP contribution < -0.4 is 20.1 Å². The number of benzene rings is 2. The zero-order valence-corrected chi connectivity index (χ0v) is 16.1. The number of ether oxygens (including phenoxy) is 2. The van der Waals surface area contributed by atoms with Crippen LogP contribution >= 0.6 is 11.3 Å². The number of aromatic nitrogens is 1. The van der Waals surface area contributed by atoms with E-state index in [-0.39, 0.29) is 10.8 Å². The van der Waals surface area contributed by atoms with Gasteiger partial charge in [-0.15, -0.1) is 11.3 Å². The van der Waals surface area contributed by atoms with Crippen molar-refractivity contribution in [3.05, 3.63) is 53.4 Å². The van der Waals surface area contributed by atoms with Crippen LogP contribution in [0.15, 0.2) is 47.8 Å². The predicted molar refractivity (Wildman–Crippen MR) is 105 cm³/mol. The van der Waals surface area contributed by atoms with E-state index >= 15 is 0 Å². The van der Waals surface area contributed by atoms with Crippen LogP contribution in [0.5, 0.6) is 11.5 Å². The molecule has 0 aliphatic carbocycles. The van der Waals surface area contributed by atoms with Gasteiger partial charge in [-0.25, -0.2) is 9.78 Å². The molecule has 2 N–H and O–H groups in total. The third kappa shape index (κ3) is 4.77. The zero-order chi connectivity index (χ0) is 21.0. The Morgan fingerprint density at radius 1 is 1.03 bits per heavy atom. The molecule has 3 rings (SSSR count). The number of rotatable bonds is 5. The number of para-hydroxylation sites is 1. The summed E-state index contributed by atoms with van der Waals surface area (Å²) in [5.74, 6) is 1.08. The molecule has 29 heavy (non-hydrogen) atoms. The largest absolute Gasteiger partial charge is 0.493 e. The number of alkyl halides is 3. The van der Waals surface area contributed by atoms with Crippen molar-refractivity contribution in [3.8, 4) is 22.8 Å². The second-order valence-corrected chi connectivity index (χ2v) is 6.59. The van der Waals surface area contributed by atoms with Crippen LogP contribution in [0.3, 0.4) is 0 Å². The normalized spacial score (nSPS) is 11.1. The van der Waals surface area contributed by atoms with Crippen LogP contribution in [-0.2, 0) is 6.18 Å². The second-order valence-electron chi connectivity index (χ2n) is 5.73. The summed E-state index contributed by atoms with van der Waals surface area (Å²) in [5, 5.41) is 6.59. The Morgan fingerprint density at radius 3 is 2.45 bits per heavy atom. The van der Waals surface area contributed by atoms with Gasteiger partial charge >= 0.3 is 12.2 Å². The highest BCUT2D eigenvalue weighted by molar-refractivity contribution is 7.14. The van der Waals surface area contributed by atoms with Crippen molar-refractivity contribution in [3.63, 3.8) is 0 Å². The van der Waals surface area contributed by atoms with Crippen LogP contribution in [0.1, 0.15) is 5.56 Å². The minimum absolute atomic E-state index is 0.233. The highest BCUT2D eigenvalue weighted by atomic mass is 32.1. The van der Waals surface area contributed by atoms with E-state index in [2.05, 4.69) is 15.6 Å². The number of nitrogens with zero attached hydrogens (tertiary/aromatic N) is 1. The van der Waals surface area contributed by atoms with Crippen LogP contribution in [0, 0.1) is 0 Å². The molecule has 0 fully saturated rings. The SMILES string of the molecule is COc1ccc(-c2csc(NC(=O)Nc3ccccc3C(F)(F)F)n2)cc1OC. The van der Waals surface area contributed by atoms with Gasteiger partial charge in [-0.3, -0.25) is 5.32 Å². The molecular formula is C19H16F3N3O3S. The molecule has 0 bridgehead atoms. The lowest BCUT2D eigenvalue weighted by atomic mass is 10.1. The Balaban J connectivity index is 1.74. The minimum atomic E-state index is -4.58. The number of anilines is 2. The lowest BCUT2D eigenvalue weighted by Crippen LogP contribution is -2.21. The monoisotopic (exact) mass is 423 g/mol. The Kier molecular flexibility index (Phi) is 5.92. The molecule has 1 aromatic heterocycles. The molecule has 0 saturated heterocycles. The number of carbonyl (C=O) groups is 1. The Bertz CT molecular complexity index is 1020. The molecule has 3 aromatic rings. The smallest absolute Gasteiger partial charge is 0.418 e. The van der Waals surface area contributed by atoms with Crippen molar-refractivity contribution in [2.45, 2.75) is 6.18 Å². The molecule has 0 radical (unpaired) electrons. The summed E-state index contributed by atoms with van der Waals surface area (Å²) >= 11 is 1.14. The lowest BCUT2D eigenvalue weighted by Gasteiger charge is -2.13. The van der Waals surface area contributed by atoms with Gasteiger partial charge in [0.1, 0.15) is 0 Å². The number of methoxy groups -OCH3 is 2. The van der Waals surface area contributed by atoms with Crippen molar-refractivity contribution in [2.24, 2.45) is 0 Å². The summed E-state index contributed by atoms with van der Waals surface area (Å²) in [5.41, 5.74) is 0.0335. The predicted octanol–water partition coefficient (Wildman–Crippen LogP) is 5.49. The lowest BCUT2D eigenvalue weighted by molar-refractivity contribution is -0.136. The Morgan fingerprint density at radius 2 is 1.76 bits per heavy atom. The van der Waals surface area contributed by atoms with Crippen molar-refractivity contribution < 1.29 is 27.4 Å². The molecule has 0 unspecified atom stereocenters. The van der Waals surface area contributed by atoms with Gasteiger partial charge in [0.25, 0.3) is 0 Å². The Labute approximate surface area is 168 Å². The average molecular weight is 423 g/mol. The van der Waals surface area contributed by atoms with E-state index in [1.54, 1.807) is 23.6 Å². The zero-order valence-electron chi connectivity index (χ0n) is 15.3. The summed E-state index contributed by atoms with van der Waals surface area (Å²) in [6, 6.07) is 9.15. The third-order valence-electron chi connectivity index (χ3n) is 3.88. The minimum Gasteiger partial charge on any atom is -0.493 e. The molecule has 0 atom stereocenters. The molecular weight excluding hydrogens is 407 g/mol. The number of urea groups is 1. The van der Waals surface area contributed by atoms with E-state index in [4.69, 9.17) is 9.47 Å².